The molecule has 1 unspecified atom stereocenters. The van der Waals surface area contributed by atoms with E-state index in [0.29, 0.717) is 25.0 Å². The lowest BCUT2D eigenvalue weighted by Crippen LogP contribution is -2.51. The van der Waals surface area contributed by atoms with Crippen LogP contribution in [0.2, 0.25) is 0 Å². The molecule has 0 bridgehead atoms. The Kier molecular flexibility index (Phi) is 5.25. The molecule has 1 aromatic rings. The highest BCUT2D eigenvalue weighted by Crippen LogP contribution is 2.40. The van der Waals surface area contributed by atoms with Gasteiger partial charge in [-0.1, -0.05) is 18.2 Å². The molecular weight excluding hydrogens is 264 g/mol. The second kappa shape index (κ2) is 6.77. The minimum Gasteiger partial charge on any atom is -0.496 e. The van der Waals surface area contributed by atoms with Gasteiger partial charge in [0, 0.05) is 19.1 Å². The maximum absolute atomic E-state index is 10.3. The number of methoxy groups -OCH3 is 1. The first kappa shape index (κ1) is 16.3. The Morgan fingerprint density at radius 3 is 2.62 bits per heavy atom. The number of para-hydroxylation sites is 1. The number of rotatable bonds is 7. The Morgan fingerprint density at radius 1 is 1.33 bits per heavy atom. The van der Waals surface area contributed by atoms with Gasteiger partial charge in [-0.15, -0.1) is 0 Å². The Labute approximate surface area is 128 Å². The molecule has 0 aliphatic heterocycles. The van der Waals surface area contributed by atoms with Crippen molar-refractivity contribution in [3.8, 4) is 5.75 Å². The summed E-state index contributed by atoms with van der Waals surface area (Å²) >= 11 is 0. The van der Waals surface area contributed by atoms with Gasteiger partial charge < -0.3 is 20.1 Å². The minimum absolute atomic E-state index is 0.494. The van der Waals surface area contributed by atoms with Crippen LogP contribution in [-0.4, -0.2) is 55.9 Å². The van der Waals surface area contributed by atoms with Gasteiger partial charge in [-0.3, -0.25) is 0 Å². The van der Waals surface area contributed by atoms with Crippen molar-refractivity contribution in [2.24, 2.45) is 0 Å². The monoisotopic (exact) mass is 292 g/mol. The average molecular weight is 292 g/mol. The van der Waals surface area contributed by atoms with Gasteiger partial charge in [0.25, 0.3) is 0 Å². The van der Waals surface area contributed by atoms with Crippen molar-refractivity contribution in [3.63, 3.8) is 0 Å². The van der Waals surface area contributed by atoms with Crippen molar-refractivity contribution < 1.29 is 9.84 Å². The van der Waals surface area contributed by atoms with Crippen LogP contribution in [0.25, 0.3) is 0 Å². The molecule has 1 aliphatic rings. The van der Waals surface area contributed by atoms with Crippen molar-refractivity contribution in [2.45, 2.75) is 37.3 Å². The molecular formula is C17H28N2O2. The Balaban J connectivity index is 1.79. The highest BCUT2D eigenvalue weighted by atomic mass is 16.5. The smallest absolute Gasteiger partial charge is 0.122 e. The molecule has 0 aromatic heterocycles. The van der Waals surface area contributed by atoms with Gasteiger partial charge in [0.05, 0.1) is 12.7 Å². The molecule has 1 aliphatic carbocycles. The second-order valence-corrected chi connectivity index (χ2v) is 6.72. The highest BCUT2D eigenvalue weighted by Gasteiger charge is 2.33. The summed E-state index contributed by atoms with van der Waals surface area (Å²) in [7, 11) is 5.69. The molecule has 0 heterocycles. The molecule has 1 fully saturated rings. The standard InChI is InChI=1S/C17H28N2O2/c1-17(20,12-19(2)3)11-18-14-9-13(10-14)15-7-5-6-8-16(15)21-4/h5-8,13-14,18,20H,9-12H2,1-4H3. The van der Waals surface area contributed by atoms with E-state index >= 15 is 0 Å². The van der Waals surface area contributed by atoms with E-state index < -0.39 is 5.60 Å². The van der Waals surface area contributed by atoms with Gasteiger partial charge in [-0.2, -0.15) is 0 Å². The van der Waals surface area contributed by atoms with Gasteiger partial charge >= 0.3 is 0 Å². The van der Waals surface area contributed by atoms with Crippen LogP contribution in [-0.2, 0) is 0 Å². The lowest BCUT2D eigenvalue weighted by atomic mass is 9.75. The third-order valence-electron chi connectivity index (χ3n) is 4.15. The van der Waals surface area contributed by atoms with Crippen LogP contribution >= 0.6 is 0 Å². The summed E-state index contributed by atoms with van der Waals surface area (Å²) in [5, 5.41) is 13.8. The number of hydrogen-bond donors (Lipinski definition) is 2. The largest absolute Gasteiger partial charge is 0.496 e. The van der Waals surface area contributed by atoms with E-state index in [1.54, 1.807) is 7.11 Å². The maximum Gasteiger partial charge on any atom is 0.122 e. The number of nitrogens with one attached hydrogen (secondary N) is 1. The molecule has 0 radical (unpaired) electrons. The fourth-order valence-electron chi connectivity index (χ4n) is 3.14. The van der Waals surface area contributed by atoms with E-state index in [9.17, 15) is 5.11 Å². The van der Waals surface area contributed by atoms with E-state index in [2.05, 4.69) is 17.4 Å². The summed E-state index contributed by atoms with van der Waals surface area (Å²) in [6, 6.07) is 8.75. The summed E-state index contributed by atoms with van der Waals surface area (Å²) in [5.74, 6) is 1.55. The van der Waals surface area contributed by atoms with Crippen LogP contribution in [0.15, 0.2) is 24.3 Å². The minimum atomic E-state index is -0.682. The molecule has 1 aromatic carbocycles. The lowest BCUT2D eigenvalue weighted by molar-refractivity contribution is 0.0277. The molecule has 2 N–H and O–H groups in total. The lowest BCUT2D eigenvalue weighted by Gasteiger charge is -2.39. The van der Waals surface area contributed by atoms with Crippen molar-refractivity contribution in [1.29, 1.82) is 0 Å². The third kappa shape index (κ3) is 4.43. The first-order chi connectivity index (χ1) is 9.91. The quantitative estimate of drug-likeness (QED) is 0.805. The molecule has 118 valence electrons. The molecule has 4 heteroatoms. The van der Waals surface area contributed by atoms with Crippen molar-refractivity contribution in [1.82, 2.24) is 10.2 Å². The number of aliphatic hydroxyl groups is 1. The van der Waals surface area contributed by atoms with Gasteiger partial charge in [-0.05, 0) is 51.4 Å². The topological polar surface area (TPSA) is 44.7 Å². The number of benzene rings is 1. The molecule has 21 heavy (non-hydrogen) atoms. The molecule has 0 amide bonds. The first-order valence-electron chi connectivity index (χ1n) is 7.64. The summed E-state index contributed by atoms with van der Waals surface area (Å²) in [6.07, 6.45) is 2.22. The van der Waals surface area contributed by atoms with Gasteiger partial charge in [0.1, 0.15) is 5.75 Å². The summed E-state index contributed by atoms with van der Waals surface area (Å²) < 4.78 is 5.43. The summed E-state index contributed by atoms with van der Waals surface area (Å²) in [4.78, 5) is 2.01. The van der Waals surface area contributed by atoms with E-state index in [1.165, 1.54) is 5.56 Å². The molecule has 4 nitrogen and oxygen atoms in total. The zero-order chi connectivity index (χ0) is 15.5. The Morgan fingerprint density at radius 2 is 2.00 bits per heavy atom. The number of ether oxygens (including phenoxy) is 1. The van der Waals surface area contributed by atoms with E-state index in [0.717, 1.165) is 18.6 Å². The molecule has 0 saturated heterocycles. The van der Waals surface area contributed by atoms with Crippen molar-refractivity contribution in [2.75, 3.05) is 34.3 Å². The van der Waals surface area contributed by atoms with Crippen LogP contribution in [0, 0.1) is 0 Å². The maximum atomic E-state index is 10.3. The molecule has 1 atom stereocenters. The zero-order valence-electron chi connectivity index (χ0n) is 13.6. The zero-order valence-corrected chi connectivity index (χ0v) is 13.6. The van der Waals surface area contributed by atoms with E-state index in [1.807, 2.05) is 38.1 Å². The predicted octanol–water partition coefficient (Wildman–Crippen LogP) is 1.84. The number of likely N-dealkylation sites (N-methyl/N-ethyl adjacent to an activating group) is 1. The molecule has 2 rings (SSSR count). The Hall–Kier alpha value is -1.10. The van der Waals surface area contributed by atoms with Gasteiger partial charge in [-0.25, -0.2) is 0 Å². The highest BCUT2D eigenvalue weighted by molar-refractivity contribution is 5.37. The van der Waals surface area contributed by atoms with Gasteiger partial charge in [0.2, 0.25) is 0 Å². The Bertz CT molecular complexity index is 454. The van der Waals surface area contributed by atoms with E-state index in [-0.39, 0.29) is 0 Å². The molecule has 1 saturated carbocycles. The second-order valence-electron chi connectivity index (χ2n) is 6.72. The summed E-state index contributed by atoms with van der Waals surface area (Å²) in [6.45, 7) is 3.19. The van der Waals surface area contributed by atoms with Crippen LogP contribution < -0.4 is 10.1 Å². The number of hydrogen-bond acceptors (Lipinski definition) is 4. The van der Waals surface area contributed by atoms with Crippen LogP contribution in [0.1, 0.15) is 31.2 Å². The first-order valence-corrected chi connectivity index (χ1v) is 7.64. The number of nitrogens with zero attached hydrogens (tertiary/aromatic N) is 1. The molecule has 0 spiro atoms. The SMILES string of the molecule is COc1ccccc1C1CC(NCC(C)(O)CN(C)C)C1. The van der Waals surface area contributed by atoms with Crippen molar-refractivity contribution >= 4 is 0 Å². The summed E-state index contributed by atoms with van der Waals surface area (Å²) in [5.41, 5.74) is 0.622. The van der Waals surface area contributed by atoms with Crippen LogP contribution in [0.4, 0.5) is 0 Å². The van der Waals surface area contributed by atoms with Crippen molar-refractivity contribution in [3.05, 3.63) is 29.8 Å². The van der Waals surface area contributed by atoms with Crippen LogP contribution in [0.5, 0.6) is 5.75 Å². The van der Waals surface area contributed by atoms with E-state index in [4.69, 9.17) is 4.74 Å². The normalized spacial score (nSPS) is 24.5. The predicted molar refractivity (Wildman–Crippen MR) is 85.9 cm³/mol. The van der Waals surface area contributed by atoms with Gasteiger partial charge in [0.15, 0.2) is 0 Å². The third-order valence-corrected chi connectivity index (χ3v) is 4.15. The average Bonchev–Trinajstić information content (AvgIpc) is 2.35. The fourth-order valence-corrected chi connectivity index (χ4v) is 3.14. The van der Waals surface area contributed by atoms with Crippen LogP contribution in [0.3, 0.4) is 0 Å². The fraction of sp³-hybridized carbons (Fsp3) is 0.647.